The van der Waals surface area contributed by atoms with E-state index in [0.29, 0.717) is 0 Å². The summed E-state index contributed by atoms with van der Waals surface area (Å²) in [7, 11) is -3.99. The van der Waals surface area contributed by atoms with Crippen LogP contribution in [0.2, 0.25) is 0 Å². The molecule has 1 aromatic rings. The van der Waals surface area contributed by atoms with Crippen LogP contribution < -0.4 is 4.72 Å². The molecule has 9 heteroatoms. The molecule has 112 valence electrons. The fourth-order valence-corrected chi connectivity index (χ4v) is 3.20. The number of aryl methyl sites for hydroxylation is 1. The van der Waals surface area contributed by atoms with Crippen LogP contribution in [0, 0.1) is 13.8 Å². The average Bonchev–Trinajstić information content (AvgIpc) is 2.63. The van der Waals surface area contributed by atoms with Gasteiger partial charge in [-0.25, -0.2) is 13.2 Å². The van der Waals surface area contributed by atoms with Gasteiger partial charge < -0.3 is 14.8 Å². The third-order valence-electron chi connectivity index (χ3n) is 2.56. The van der Waals surface area contributed by atoms with Crippen LogP contribution in [0.25, 0.3) is 0 Å². The minimum absolute atomic E-state index is 0.0892. The summed E-state index contributed by atoms with van der Waals surface area (Å²) in [4.78, 5) is 24.4. The number of aromatic carboxylic acids is 1. The van der Waals surface area contributed by atoms with Crippen LogP contribution in [0.3, 0.4) is 0 Å². The number of rotatable bonds is 6. The number of aromatic amines is 1. The van der Waals surface area contributed by atoms with E-state index in [9.17, 15) is 18.0 Å². The number of carbonyl (C=O) groups is 2. The molecular weight excluding hydrogens is 288 g/mol. The number of nitrogens with one attached hydrogen (secondary N) is 2. The van der Waals surface area contributed by atoms with E-state index in [-0.39, 0.29) is 28.5 Å². The molecule has 20 heavy (non-hydrogen) atoms. The Morgan fingerprint density at radius 2 is 1.95 bits per heavy atom. The highest BCUT2D eigenvalue weighted by Crippen LogP contribution is 2.22. The molecule has 8 nitrogen and oxygen atoms in total. The number of hydrogen-bond acceptors (Lipinski definition) is 5. The van der Waals surface area contributed by atoms with Crippen LogP contribution in [0.15, 0.2) is 4.90 Å². The Bertz CT molecular complexity index is 632. The first-order valence-electron chi connectivity index (χ1n) is 5.78. The molecule has 3 N–H and O–H groups in total. The molecule has 1 heterocycles. The van der Waals surface area contributed by atoms with Gasteiger partial charge >= 0.3 is 11.9 Å². The molecule has 0 aliphatic rings. The molecule has 0 aliphatic carbocycles. The first-order chi connectivity index (χ1) is 9.20. The summed E-state index contributed by atoms with van der Waals surface area (Å²) in [5.74, 6) is -1.96. The lowest BCUT2D eigenvalue weighted by Crippen LogP contribution is -2.31. The first-order valence-corrected chi connectivity index (χ1v) is 7.26. The Balaban J connectivity index is 3.05. The zero-order valence-corrected chi connectivity index (χ0v) is 12.1. The quantitative estimate of drug-likeness (QED) is 0.643. The van der Waals surface area contributed by atoms with Gasteiger partial charge in [0.2, 0.25) is 10.0 Å². The van der Waals surface area contributed by atoms with E-state index in [0.717, 1.165) is 0 Å². The van der Waals surface area contributed by atoms with Gasteiger partial charge in [-0.1, -0.05) is 0 Å². The van der Waals surface area contributed by atoms with Crippen molar-refractivity contribution in [2.75, 3.05) is 13.2 Å². The molecule has 0 aromatic carbocycles. The summed E-state index contributed by atoms with van der Waals surface area (Å²) in [6, 6.07) is 0. The Morgan fingerprint density at radius 3 is 2.40 bits per heavy atom. The maximum atomic E-state index is 12.1. The minimum Gasteiger partial charge on any atom is -0.477 e. The maximum Gasteiger partial charge on any atom is 0.352 e. The van der Waals surface area contributed by atoms with Gasteiger partial charge in [0.1, 0.15) is 17.1 Å². The highest BCUT2D eigenvalue weighted by Gasteiger charge is 2.26. The molecule has 0 unspecified atom stereocenters. The van der Waals surface area contributed by atoms with Gasteiger partial charge in [0, 0.05) is 11.3 Å². The van der Waals surface area contributed by atoms with E-state index in [1.165, 1.54) is 13.8 Å². The Kier molecular flexibility index (Phi) is 4.90. The molecule has 0 atom stereocenters. The average molecular weight is 304 g/mol. The van der Waals surface area contributed by atoms with E-state index in [2.05, 4.69) is 14.4 Å². The van der Waals surface area contributed by atoms with Gasteiger partial charge in [0.15, 0.2) is 0 Å². The third-order valence-corrected chi connectivity index (χ3v) is 4.24. The lowest BCUT2D eigenvalue weighted by molar-refractivity contribution is -0.141. The molecule has 0 aliphatic heterocycles. The van der Waals surface area contributed by atoms with Crippen LogP contribution in [0.4, 0.5) is 0 Å². The molecule has 0 saturated heterocycles. The molecule has 0 radical (unpaired) electrons. The second-order valence-corrected chi connectivity index (χ2v) is 5.72. The Hall–Kier alpha value is -1.87. The second kappa shape index (κ2) is 6.06. The topological polar surface area (TPSA) is 126 Å². The predicted molar refractivity (Wildman–Crippen MR) is 69.0 cm³/mol. The number of carbonyl (C=O) groups excluding carboxylic acids is 1. The van der Waals surface area contributed by atoms with Crippen molar-refractivity contribution in [1.82, 2.24) is 9.71 Å². The van der Waals surface area contributed by atoms with Crippen molar-refractivity contribution in [2.24, 2.45) is 0 Å². The standard InChI is InChI=1S/C11H16N2O6S/c1-4-19-8(14)5-12-20(17,18)10-6(2)9(11(15)16)13-7(10)3/h12-13H,4-5H2,1-3H3,(H,15,16). The van der Waals surface area contributed by atoms with Gasteiger partial charge in [-0.2, -0.15) is 4.72 Å². The largest absolute Gasteiger partial charge is 0.477 e. The summed E-state index contributed by atoms with van der Waals surface area (Å²) in [6.45, 7) is 4.06. The first kappa shape index (κ1) is 16.2. The normalized spacial score (nSPS) is 11.3. The zero-order chi connectivity index (χ0) is 15.5. The highest BCUT2D eigenvalue weighted by molar-refractivity contribution is 7.89. The van der Waals surface area contributed by atoms with Crippen molar-refractivity contribution in [3.05, 3.63) is 17.0 Å². The highest BCUT2D eigenvalue weighted by atomic mass is 32.2. The molecule has 0 bridgehead atoms. The van der Waals surface area contributed by atoms with Crippen LogP contribution >= 0.6 is 0 Å². The van der Waals surface area contributed by atoms with Gasteiger partial charge in [-0.3, -0.25) is 4.79 Å². The fraction of sp³-hybridized carbons (Fsp3) is 0.455. The van der Waals surface area contributed by atoms with Gasteiger partial charge in [-0.15, -0.1) is 0 Å². The number of esters is 1. The van der Waals surface area contributed by atoms with E-state index in [1.54, 1.807) is 6.92 Å². The molecule has 1 aromatic heterocycles. The summed E-state index contributed by atoms with van der Waals surface area (Å²) < 4.78 is 30.9. The number of sulfonamides is 1. The lowest BCUT2D eigenvalue weighted by atomic mass is 10.2. The number of carboxylic acids is 1. The number of H-pyrrole nitrogens is 1. The summed E-state index contributed by atoms with van der Waals surface area (Å²) in [5.41, 5.74) is 0.0848. The molecule has 1 rings (SSSR count). The van der Waals surface area contributed by atoms with Crippen molar-refractivity contribution in [2.45, 2.75) is 25.7 Å². The lowest BCUT2D eigenvalue weighted by Gasteiger charge is -2.07. The monoisotopic (exact) mass is 304 g/mol. The Morgan fingerprint density at radius 1 is 1.35 bits per heavy atom. The number of hydrogen-bond donors (Lipinski definition) is 3. The SMILES string of the molecule is CCOC(=O)CNS(=O)(=O)c1c(C)[nH]c(C(=O)O)c1C. The molecule has 0 saturated carbocycles. The van der Waals surface area contributed by atoms with Crippen molar-refractivity contribution >= 4 is 22.0 Å². The third kappa shape index (κ3) is 3.36. The van der Waals surface area contributed by atoms with Crippen LogP contribution in [0.1, 0.15) is 28.7 Å². The van der Waals surface area contributed by atoms with E-state index in [4.69, 9.17) is 5.11 Å². The number of aromatic nitrogens is 1. The van der Waals surface area contributed by atoms with E-state index < -0.39 is 28.5 Å². The molecule has 0 spiro atoms. The maximum absolute atomic E-state index is 12.1. The molecule has 0 amide bonds. The molecular formula is C11H16N2O6S. The smallest absolute Gasteiger partial charge is 0.352 e. The Labute approximate surface area is 116 Å². The zero-order valence-electron chi connectivity index (χ0n) is 11.3. The van der Waals surface area contributed by atoms with Crippen molar-refractivity contribution in [3.8, 4) is 0 Å². The number of ether oxygens (including phenoxy) is 1. The predicted octanol–water partition coefficient (Wildman–Crippen LogP) is 0.171. The number of carboxylic acid groups (broad SMARTS) is 1. The second-order valence-electron chi connectivity index (χ2n) is 4.01. The fourth-order valence-electron chi connectivity index (χ4n) is 1.79. The van der Waals surface area contributed by atoms with Crippen LogP contribution in [0.5, 0.6) is 0 Å². The van der Waals surface area contributed by atoms with Crippen molar-refractivity contribution in [1.29, 1.82) is 0 Å². The van der Waals surface area contributed by atoms with Crippen molar-refractivity contribution < 1.29 is 27.9 Å². The van der Waals surface area contributed by atoms with Gasteiger partial charge in [0.25, 0.3) is 0 Å². The van der Waals surface area contributed by atoms with E-state index in [1.807, 2.05) is 0 Å². The minimum atomic E-state index is -3.99. The van der Waals surface area contributed by atoms with Gasteiger partial charge in [0.05, 0.1) is 6.61 Å². The van der Waals surface area contributed by atoms with Crippen LogP contribution in [-0.4, -0.2) is 43.6 Å². The summed E-state index contributed by atoms with van der Waals surface area (Å²) in [6.07, 6.45) is 0. The summed E-state index contributed by atoms with van der Waals surface area (Å²) in [5, 5.41) is 8.94. The van der Waals surface area contributed by atoms with E-state index >= 15 is 0 Å². The van der Waals surface area contributed by atoms with Gasteiger partial charge in [-0.05, 0) is 20.8 Å². The molecule has 0 fully saturated rings. The van der Waals surface area contributed by atoms with Crippen LogP contribution in [-0.2, 0) is 19.6 Å². The summed E-state index contributed by atoms with van der Waals surface area (Å²) >= 11 is 0. The van der Waals surface area contributed by atoms with Crippen molar-refractivity contribution in [3.63, 3.8) is 0 Å².